The minimum Gasteiger partial charge on any atom is -0.480 e. The predicted octanol–water partition coefficient (Wildman–Crippen LogP) is 0.137. The second-order valence-electron chi connectivity index (χ2n) is 6.43. The summed E-state index contributed by atoms with van der Waals surface area (Å²) in [7, 11) is 0. The van der Waals surface area contributed by atoms with Crippen LogP contribution in [0.1, 0.15) is 38.5 Å². The van der Waals surface area contributed by atoms with Gasteiger partial charge >= 0.3 is 5.97 Å². The molecule has 0 aromatic rings. The number of carbonyl (C=O) groups excluding carboxylic acids is 2. The number of piperidine rings is 1. The lowest BCUT2D eigenvalue weighted by Gasteiger charge is -2.36. The van der Waals surface area contributed by atoms with Crippen molar-refractivity contribution in [1.82, 2.24) is 10.2 Å². The summed E-state index contributed by atoms with van der Waals surface area (Å²) in [6.07, 6.45) is 3.80. The Kier molecular flexibility index (Phi) is 4.08. The van der Waals surface area contributed by atoms with Crippen LogP contribution in [0.4, 0.5) is 0 Å². The Morgan fingerprint density at radius 1 is 1.23 bits per heavy atom. The van der Waals surface area contributed by atoms with E-state index in [1.54, 1.807) is 0 Å². The molecule has 1 saturated carbocycles. The van der Waals surface area contributed by atoms with Gasteiger partial charge in [0.2, 0.25) is 11.8 Å². The fourth-order valence-corrected chi connectivity index (χ4v) is 3.34. The molecule has 7 nitrogen and oxygen atoms in total. The zero-order chi connectivity index (χ0) is 15.7. The SMILES string of the molecule is O=C1C(NC(=O)C2(C(=O)O)CCOCC2)CCCN1C1CC1. The fourth-order valence-electron chi connectivity index (χ4n) is 3.34. The van der Waals surface area contributed by atoms with Crippen LogP contribution in [-0.4, -0.2) is 59.6 Å². The summed E-state index contributed by atoms with van der Waals surface area (Å²) in [5.74, 6) is -1.73. The minimum atomic E-state index is -1.46. The largest absolute Gasteiger partial charge is 0.480 e. The second-order valence-corrected chi connectivity index (χ2v) is 6.43. The smallest absolute Gasteiger partial charge is 0.319 e. The van der Waals surface area contributed by atoms with Crippen molar-refractivity contribution in [2.24, 2.45) is 5.41 Å². The van der Waals surface area contributed by atoms with E-state index in [0.717, 1.165) is 25.8 Å². The second kappa shape index (κ2) is 5.87. The summed E-state index contributed by atoms with van der Waals surface area (Å²) >= 11 is 0. The van der Waals surface area contributed by atoms with Crippen molar-refractivity contribution < 1.29 is 24.2 Å². The van der Waals surface area contributed by atoms with E-state index in [9.17, 15) is 19.5 Å². The van der Waals surface area contributed by atoms with Gasteiger partial charge in [0.15, 0.2) is 5.41 Å². The summed E-state index contributed by atoms with van der Waals surface area (Å²) < 4.78 is 5.17. The van der Waals surface area contributed by atoms with Gasteiger partial charge in [0.05, 0.1) is 0 Å². The fraction of sp³-hybridized carbons (Fsp3) is 0.800. The molecule has 3 aliphatic rings. The first-order valence-corrected chi connectivity index (χ1v) is 7.97. The van der Waals surface area contributed by atoms with E-state index in [2.05, 4.69) is 5.32 Å². The molecular formula is C15H22N2O5. The van der Waals surface area contributed by atoms with Crippen molar-refractivity contribution in [3.8, 4) is 0 Å². The molecule has 2 amide bonds. The topological polar surface area (TPSA) is 95.9 Å². The van der Waals surface area contributed by atoms with Crippen LogP contribution in [-0.2, 0) is 19.1 Å². The Bertz CT molecular complexity index is 482. The molecule has 122 valence electrons. The Morgan fingerprint density at radius 2 is 1.91 bits per heavy atom. The lowest BCUT2D eigenvalue weighted by Crippen LogP contribution is -2.58. The number of hydrogen-bond donors (Lipinski definition) is 2. The van der Waals surface area contributed by atoms with Crippen molar-refractivity contribution in [3.05, 3.63) is 0 Å². The molecule has 2 N–H and O–H groups in total. The molecule has 0 aromatic heterocycles. The number of amides is 2. The van der Waals surface area contributed by atoms with E-state index in [4.69, 9.17) is 4.74 Å². The molecule has 0 spiro atoms. The molecule has 0 radical (unpaired) electrons. The van der Waals surface area contributed by atoms with Gasteiger partial charge in [0.25, 0.3) is 0 Å². The van der Waals surface area contributed by atoms with Gasteiger partial charge in [-0.1, -0.05) is 0 Å². The Balaban J connectivity index is 1.69. The number of carboxylic acids is 1. The number of carbonyl (C=O) groups is 3. The van der Waals surface area contributed by atoms with Gasteiger partial charge in [0.1, 0.15) is 6.04 Å². The van der Waals surface area contributed by atoms with Crippen molar-refractivity contribution in [2.75, 3.05) is 19.8 Å². The van der Waals surface area contributed by atoms with E-state index in [-0.39, 0.29) is 32.0 Å². The monoisotopic (exact) mass is 310 g/mol. The Labute approximate surface area is 129 Å². The Morgan fingerprint density at radius 3 is 2.50 bits per heavy atom. The van der Waals surface area contributed by atoms with E-state index >= 15 is 0 Å². The van der Waals surface area contributed by atoms with Gasteiger partial charge in [-0.3, -0.25) is 14.4 Å². The molecule has 1 atom stereocenters. The maximum absolute atomic E-state index is 12.5. The summed E-state index contributed by atoms with van der Waals surface area (Å²) in [4.78, 5) is 38.4. The molecule has 0 aromatic carbocycles. The van der Waals surface area contributed by atoms with Crippen LogP contribution in [0.2, 0.25) is 0 Å². The first kappa shape index (κ1) is 15.3. The highest BCUT2D eigenvalue weighted by Gasteiger charge is 2.49. The van der Waals surface area contributed by atoms with E-state index < -0.39 is 23.3 Å². The van der Waals surface area contributed by atoms with Gasteiger partial charge in [-0.15, -0.1) is 0 Å². The van der Waals surface area contributed by atoms with Crippen LogP contribution in [0, 0.1) is 5.41 Å². The first-order valence-electron chi connectivity index (χ1n) is 7.97. The predicted molar refractivity (Wildman–Crippen MR) is 76.0 cm³/mol. The third-order valence-corrected chi connectivity index (χ3v) is 4.96. The van der Waals surface area contributed by atoms with Gasteiger partial charge in [-0.05, 0) is 38.5 Å². The van der Waals surface area contributed by atoms with Crippen molar-refractivity contribution >= 4 is 17.8 Å². The molecule has 3 rings (SSSR count). The van der Waals surface area contributed by atoms with Gasteiger partial charge in [0, 0.05) is 25.8 Å². The van der Waals surface area contributed by atoms with Crippen LogP contribution >= 0.6 is 0 Å². The zero-order valence-corrected chi connectivity index (χ0v) is 12.5. The highest BCUT2D eigenvalue weighted by atomic mass is 16.5. The summed E-state index contributed by atoms with van der Waals surface area (Å²) in [5.41, 5.74) is -1.46. The lowest BCUT2D eigenvalue weighted by atomic mass is 9.79. The molecular weight excluding hydrogens is 288 g/mol. The summed E-state index contributed by atoms with van der Waals surface area (Å²) in [5, 5.41) is 12.2. The lowest BCUT2D eigenvalue weighted by molar-refractivity contribution is -0.163. The van der Waals surface area contributed by atoms with Gasteiger partial charge in [-0.2, -0.15) is 0 Å². The number of hydrogen-bond acceptors (Lipinski definition) is 4. The Hall–Kier alpha value is -1.63. The van der Waals surface area contributed by atoms with Crippen LogP contribution in [0.15, 0.2) is 0 Å². The molecule has 2 saturated heterocycles. The molecule has 1 aliphatic carbocycles. The maximum atomic E-state index is 12.5. The number of nitrogens with zero attached hydrogens (tertiary/aromatic N) is 1. The molecule has 1 unspecified atom stereocenters. The number of rotatable bonds is 4. The zero-order valence-electron chi connectivity index (χ0n) is 12.5. The molecule has 7 heteroatoms. The first-order chi connectivity index (χ1) is 10.5. The summed E-state index contributed by atoms with van der Waals surface area (Å²) in [6, 6.07) is -0.260. The third-order valence-electron chi connectivity index (χ3n) is 4.96. The van der Waals surface area contributed by atoms with E-state index in [0.29, 0.717) is 12.5 Å². The van der Waals surface area contributed by atoms with Crippen molar-refractivity contribution in [2.45, 2.75) is 50.6 Å². The standard InChI is InChI=1S/C15H22N2O5/c18-12-11(2-1-7-17(12)10-3-4-10)16-13(19)15(14(20)21)5-8-22-9-6-15/h10-11H,1-9H2,(H,16,19)(H,20,21). The van der Waals surface area contributed by atoms with Crippen LogP contribution in [0.3, 0.4) is 0 Å². The minimum absolute atomic E-state index is 0.0605. The number of carboxylic acid groups (broad SMARTS) is 1. The molecule has 2 aliphatic heterocycles. The average Bonchev–Trinajstić information content (AvgIpc) is 3.34. The molecule has 0 bridgehead atoms. The van der Waals surface area contributed by atoms with Gasteiger partial charge < -0.3 is 20.1 Å². The average molecular weight is 310 g/mol. The number of ether oxygens (including phenoxy) is 1. The van der Waals surface area contributed by atoms with Crippen LogP contribution in [0.25, 0.3) is 0 Å². The number of likely N-dealkylation sites (tertiary alicyclic amines) is 1. The third kappa shape index (κ3) is 2.69. The summed E-state index contributed by atoms with van der Waals surface area (Å²) in [6.45, 7) is 1.26. The molecule has 22 heavy (non-hydrogen) atoms. The normalized spacial score (nSPS) is 28.3. The number of aliphatic carboxylic acids is 1. The maximum Gasteiger partial charge on any atom is 0.319 e. The van der Waals surface area contributed by atoms with E-state index in [1.165, 1.54) is 0 Å². The van der Waals surface area contributed by atoms with Crippen molar-refractivity contribution in [1.29, 1.82) is 0 Å². The quantitative estimate of drug-likeness (QED) is 0.720. The van der Waals surface area contributed by atoms with Crippen LogP contribution in [0.5, 0.6) is 0 Å². The van der Waals surface area contributed by atoms with E-state index in [1.807, 2.05) is 4.90 Å². The van der Waals surface area contributed by atoms with Crippen LogP contribution < -0.4 is 5.32 Å². The number of nitrogens with one attached hydrogen (secondary N) is 1. The molecule has 3 fully saturated rings. The highest BCUT2D eigenvalue weighted by Crippen LogP contribution is 2.33. The molecule has 2 heterocycles. The van der Waals surface area contributed by atoms with Gasteiger partial charge in [-0.25, -0.2) is 0 Å². The highest BCUT2D eigenvalue weighted by molar-refractivity contribution is 6.03. The van der Waals surface area contributed by atoms with Crippen molar-refractivity contribution in [3.63, 3.8) is 0 Å².